The van der Waals surface area contributed by atoms with E-state index in [1.54, 1.807) is 6.07 Å². The largest absolute Gasteiger partial charge is 0.312 e. The van der Waals surface area contributed by atoms with Gasteiger partial charge < -0.3 is 4.57 Å². The van der Waals surface area contributed by atoms with Gasteiger partial charge in [-0.05, 0) is 24.5 Å². The van der Waals surface area contributed by atoms with Crippen LogP contribution in [0.25, 0.3) is 0 Å². The van der Waals surface area contributed by atoms with Gasteiger partial charge in [-0.25, -0.2) is 0 Å². The molecular weight excluding hydrogens is 210 g/mol. The third-order valence-electron chi connectivity index (χ3n) is 3.52. The first kappa shape index (κ1) is 10.3. The molecule has 2 heterocycles. The Morgan fingerprint density at radius 2 is 1.82 bits per heavy atom. The zero-order valence-electron chi connectivity index (χ0n) is 9.67. The quantitative estimate of drug-likeness (QED) is 0.731. The number of aromatic nitrogens is 1. The molecule has 2 heteroatoms. The molecule has 0 N–H and O–H groups in total. The van der Waals surface area contributed by atoms with Gasteiger partial charge in [-0.15, -0.1) is 0 Å². The molecule has 1 aromatic heterocycles. The van der Waals surface area contributed by atoms with Crippen LogP contribution in [0.4, 0.5) is 0 Å². The summed E-state index contributed by atoms with van der Waals surface area (Å²) < 4.78 is 1.92. The molecular formula is C15H15NO. The molecule has 2 aromatic rings. The van der Waals surface area contributed by atoms with Crippen LogP contribution in [-0.2, 0) is 6.54 Å². The van der Waals surface area contributed by atoms with Gasteiger partial charge in [-0.3, -0.25) is 4.79 Å². The normalized spacial score (nSPS) is 18.7. The van der Waals surface area contributed by atoms with E-state index in [2.05, 4.69) is 30.3 Å². The molecule has 0 saturated carbocycles. The van der Waals surface area contributed by atoms with E-state index in [1.807, 2.05) is 16.7 Å². The highest BCUT2D eigenvalue weighted by molar-refractivity contribution is 5.29. The molecule has 0 bridgehead atoms. The van der Waals surface area contributed by atoms with Crippen molar-refractivity contribution < 1.29 is 0 Å². The summed E-state index contributed by atoms with van der Waals surface area (Å²) >= 11 is 0. The van der Waals surface area contributed by atoms with Crippen LogP contribution in [0.1, 0.15) is 30.0 Å². The van der Waals surface area contributed by atoms with Crippen LogP contribution < -0.4 is 5.56 Å². The summed E-state index contributed by atoms with van der Waals surface area (Å²) in [6, 6.07) is 16.1. The highest BCUT2D eigenvalue weighted by Crippen LogP contribution is 2.31. The zero-order valence-corrected chi connectivity index (χ0v) is 9.67. The first-order valence-corrected chi connectivity index (χ1v) is 6.11. The third kappa shape index (κ3) is 1.80. The van der Waals surface area contributed by atoms with Crippen LogP contribution in [0.15, 0.2) is 53.3 Å². The standard InChI is InChI=1S/C15H15NO/c17-15-10-4-9-14-13(8-5-11-16(14)15)12-6-2-1-3-7-12/h1-4,6-7,9-10,13H,5,8,11H2/t13-/m1/s1. The van der Waals surface area contributed by atoms with E-state index < -0.39 is 0 Å². The minimum absolute atomic E-state index is 0.128. The van der Waals surface area contributed by atoms with Crippen LogP contribution in [-0.4, -0.2) is 4.57 Å². The lowest BCUT2D eigenvalue weighted by atomic mass is 9.88. The van der Waals surface area contributed by atoms with E-state index in [0.717, 1.165) is 25.1 Å². The number of rotatable bonds is 1. The minimum Gasteiger partial charge on any atom is -0.312 e. The molecule has 0 radical (unpaired) electrons. The van der Waals surface area contributed by atoms with E-state index in [9.17, 15) is 4.79 Å². The van der Waals surface area contributed by atoms with Crippen molar-refractivity contribution in [2.75, 3.05) is 0 Å². The fourth-order valence-corrected chi connectivity index (χ4v) is 2.70. The Bertz CT molecular complexity index is 571. The monoisotopic (exact) mass is 225 g/mol. The lowest BCUT2D eigenvalue weighted by Crippen LogP contribution is -2.28. The maximum Gasteiger partial charge on any atom is 0.250 e. The van der Waals surface area contributed by atoms with Crippen molar-refractivity contribution in [3.05, 3.63) is 70.1 Å². The number of fused-ring (bicyclic) bond motifs is 1. The second-order valence-electron chi connectivity index (χ2n) is 4.55. The van der Waals surface area contributed by atoms with Gasteiger partial charge in [0.1, 0.15) is 0 Å². The number of hydrogen-bond acceptors (Lipinski definition) is 1. The molecule has 1 aliphatic heterocycles. The fourth-order valence-electron chi connectivity index (χ4n) is 2.70. The zero-order chi connectivity index (χ0) is 11.7. The highest BCUT2D eigenvalue weighted by atomic mass is 16.1. The summed E-state index contributed by atoms with van der Waals surface area (Å²) in [4.78, 5) is 11.8. The molecule has 1 aromatic carbocycles. The summed E-state index contributed by atoms with van der Waals surface area (Å²) in [7, 11) is 0. The van der Waals surface area contributed by atoms with E-state index in [1.165, 1.54) is 5.56 Å². The Morgan fingerprint density at radius 3 is 2.65 bits per heavy atom. The molecule has 0 unspecified atom stereocenters. The van der Waals surface area contributed by atoms with Gasteiger partial charge in [0.25, 0.3) is 5.56 Å². The Morgan fingerprint density at radius 1 is 1.00 bits per heavy atom. The van der Waals surface area contributed by atoms with Crippen molar-refractivity contribution in [1.29, 1.82) is 0 Å². The van der Waals surface area contributed by atoms with E-state index in [-0.39, 0.29) is 5.56 Å². The summed E-state index contributed by atoms with van der Waals surface area (Å²) in [5.41, 5.74) is 2.60. The van der Waals surface area contributed by atoms with Crippen LogP contribution >= 0.6 is 0 Å². The summed E-state index contributed by atoms with van der Waals surface area (Å²) in [6.07, 6.45) is 2.21. The average Bonchev–Trinajstić information content (AvgIpc) is 2.40. The Labute approximate surface area is 101 Å². The Balaban J connectivity index is 2.12. The van der Waals surface area contributed by atoms with Gasteiger partial charge in [0, 0.05) is 24.2 Å². The molecule has 0 fully saturated rings. The van der Waals surface area contributed by atoms with E-state index in [0.29, 0.717) is 5.92 Å². The van der Waals surface area contributed by atoms with Crippen molar-refractivity contribution in [1.82, 2.24) is 4.57 Å². The van der Waals surface area contributed by atoms with Crippen LogP contribution in [0.3, 0.4) is 0 Å². The van der Waals surface area contributed by atoms with Gasteiger partial charge in [-0.2, -0.15) is 0 Å². The molecule has 0 saturated heterocycles. The number of hydrogen-bond donors (Lipinski definition) is 0. The second-order valence-corrected chi connectivity index (χ2v) is 4.55. The number of benzene rings is 1. The van der Waals surface area contributed by atoms with Gasteiger partial charge in [0.15, 0.2) is 0 Å². The van der Waals surface area contributed by atoms with Crippen LogP contribution in [0.5, 0.6) is 0 Å². The number of nitrogens with zero attached hydrogens (tertiary/aromatic N) is 1. The predicted molar refractivity (Wildman–Crippen MR) is 68.2 cm³/mol. The molecule has 2 nitrogen and oxygen atoms in total. The Hall–Kier alpha value is -1.83. The fraction of sp³-hybridized carbons (Fsp3) is 0.267. The average molecular weight is 225 g/mol. The molecule has 1 atom stereocenters. The third-order valence-corrected chi connectivity index (χ3v) is 3.52. The summed E-state index contributed by atoms with van der Waals surface area (Å²) in [5, 5.41) is 0. The second kappa shape index (κ2) is 4.21. The molecule has 3 rings (SSSR count). The molecule has 17 heavy (non-hydrogen) atoms. The first-order valence-electron chi connectivity index (χ1n) is 6.11. The van der Waals surface area contributed by atoms with Gasteiger partial charge in [0.2, 0.25) is 0 Å². The Kier molecular flexibility index (Phi) is 2.56. The maximum atomic E-state index is 11.8. The number of pyridine rings is 1. The van der Waals surface area contributed by atoms with Gasteiger partial charge >= 0.3 is 0 Å². The van der Waals surface area contributed by atoms with E-state index in [4.69, 9.17) is 0 Å². The summed E-state index contributed by atoms with van der Waals surface area (Å²) in [5.74, 6) is 0.374. The molecule has 0 spiro atoms. The van der Waals surface area contributed by atoms with Crippen molar-refractivity contribution in [3.8, 4) is 0 Å². The van der Waals surface area contributed by atoms with E-state index >= 15 is 0 Å². The summed E-state index contributed by atoms with van der Waals surface area (Å²) in [6.45, 7) is 0.859. The molecule has 0 aliphatic carbocycles. The van der Waals surface area contributed by atoms with Gasteiger partial charge in [0.05, 0.1) is 0 Å². The SMILES string of the molecule is O=c1cccc2n1CCC[C@@H]2c1ccccc1. The topological polar surface area (TPSA) is 22.0 Å². The minimum atomic E-state index is 0.128. The lowest BCUT2D eigenvalue weighted by molar-refractivity contribution is 0.475. The molecule has 1 aliphatic rings. The maximum absolute atomic E-state index is 11.8. The smallest absolute Gasteiger partial charge is 0.250 e. The van der Waals surface area contributed by atoms with Crippen molar-refractivity contribution in [3.63, 3.8) is 0 Å². The lowest BCUT2D eigenvalue weighted by Gasteiger charge is -2.27. The molecule has 0 amide bonds. The van der Waals surface area contributed by atoms with Crippen molar-refractivity contribution in [2.45, 2.75) is 25.3 Å². The first-order chi connectivity index (χ1) is 8.36. The van der Waals surface area contributed by atoms with Crippen molar-refractivity contribution in [2.24, 2.45) is 0 Å². The van der Waals surface area contributed by atoms with Crippen LogP contribution in [0.2, 0.25) is 0 Å². The van der Waals surface area contributed by atoms with Crippen LogP contribution in [0, 0.1) is 0 Å². The predicted octanol–water partition coefficient (Wildman–Crippen LogP) is 2.77. The van der Waals surface area contributed by atoms with Gasteiger partial charge in [-0.1, -0.05) is 36.4 Å². The highest BCUT2D eigenvalue weighted by Gasteiger charge is 2.21. The molecule has 86 valence electrons. The van der Waals surface area contributed by atoms with Crippen molar-refractivity contribution >= 4 is 0 Å².